The standard InChI is InChI=1S/C35H26N2O7S/c1-41-24-15-16-25-28(18-24)45-35(36-25)37-30(21-11-13-23(14-12-21)43-19-20-7-4-3-5-8-20)29(32(39)34(37)40)31(38)27-17-22-9-6-10-26(42-2)33(22)44-27/h3-18,30,39H,19H2,1-2H3. The predicted molar refractivity (Wildman–Crippen MR) is 170 cm³/mol. The van der Waals surface area contributed by atoms with Gasteiger partial charge in [-0.1, -0.05) is 65.9 Å². The number of benzene rings is 4. The molecule has 9 nitrogen and oxygen atoms in total. The molecule has 0 radical (unpaired) electrons. The van der Waals surface area contributed by atoms with E-state index in [2.05, 4.69) is 4.98 Å². The number of rotatable bonds is 9. The van der Waals surface area contributed by atoms with Gasteiger partial charge >= 0.3 is 0 Å². The van der Waals surface area contributed by atoms with E-state index >= 15 is 0 Å². The van der Waals surface area contributed by atoms with E-state index in [1.165, 1.54) is 23.3 Å². The zero-order valence-electron chi connectivity index (χ0n) is 24.2. The van der Waals surface area contributed by atoms with Crippen LogP contribution in [-0.4, -0.2) is 36.0 Å². The van der Waals surface area contributed by atoms with Crippen LogP contribution >= 0.6 is 11.3 Å². The number of aliphatic hydroxyl groups excluding tert-OH is 1. The Bertz CT molecular complexity index is 2100. The molecule has 224 valence electrons. The average Bonchev–Trinajstić information content (AvgIpc) is 3.77. The van der Waals surface area contributed by atoms with E-state index in [-0.39, 0.29) is 11.3 Å². The Morgan fingerprint density at radius 1 is 0.933 bits per heavy atom. The topological polar surface area (TPSA) is 111 Å². The molecule has 10 heteroatoms. The highest BCUT2D eigenvalue weighted by atomic mass is 32.1. The van der Waals surface area contributed by atoms with Gasteiger partial charge in [0, 0.05) is 5.39 Å². The fraction of sp³-hybridized carbons (Fsp3) is 0.114. The van der Waals surface area contributed by atoms with Crippen molar-refractivity contribution >= 4 is 49.3 Å². The average molecular weight is 619 g/mol. The van der Waals surface area contributed by atoms with Crippen LogP contribution in [0, 0.1) is 0 Å². The number of thiazole rings is 1. The second kappa shape index (κ2) is 11.5. The summed E-state index contributed by atoms with van der Waals surface area (Å²) in [7, 11) is 3.08. The first-order chi connectivity index (χ1) is 21.9. The van der Waals surface area contributed by atoms with Gasteiger partial charge in [-0.3, -0.25) is 14.5 Å². The molecule has 2 aromatic heterocycles. The van der Waals surface area contributed by atoms with Gasteiger partial charge in [-0.25, -0.2) is 4.98 Å². The van der Waals surface area contributed by atoms with Crippen LogP contribution in [-0.2, 0) is 11.4 Å². The molecule has 3 heterocycles. The molecule has 1 N–H and O–H groups in total. The SMILES string of the molecule is COc1ccc2nc(N3C(=O)C(O)=C(C(=O)c4cc5cccc(OC)c5o4)C3c3ccc(OCc4ccccc4)cc3)sc2c1. The third kappa shape index (κ3) is 5.04. The van der Waals surface area contributed by atoms with Gasteiger partial charge in [0.05, 0.1) is 36.1 Å². The number of carbonyl (C=O) groups is 2. The molecule has 0 spiro atoms. The van der Waals surface area contributed by atoms with E-state index in [1.54, 1.807) is 67.8 Å². The highest BCUT2D eigenvalue weighted by molar-refractivity contribution is 7.22. The van der Waals surface area contributed by atoms with Gasteiger partial charge in [-0.2, -0.15) is 0 Å². The number of methoxy groups -OCH3 is 2. The van der Waals surface area contributed by atoms with Crippen molar-refractivity contribution in [1.82, 2.24) is 4.98 Å². The number of aromatic nitrogens is 1. The van der Waals surface area contributed by atoms with Crippen molar-refractivity contribution < 1.29 is 33.3 Å². The number of fused-ring (bicyclic) bond motifs is 2. The van der Waals surface area contributed by atoms with Crippen molar-refractivity contribution in [3.63, 3.8) is 0 Å². The lowest BCUT2D eigenvalue weighted by Crippen LogP contribution is -2.30. The number of carbonyl (C=O) groups excluding carboxylic acids is 2. The summed E-state index contributed by atoms with van der Waals surface area (Å²) in [5.41, 5.74) is 2.52. The van der Waals surface area contributed by atoms with Crippen molar-refractivity contribution in [2.24, 2.45) is 0 Å². The molecule has 45 heavy (non-hydrogen) atoms. The summed E-state index contributed by atoms with van der Waals surface area (Å²) >= 11 is 1.26. The number of hydrogen-bond acceptors (Lipinski definition) is 9. The van der Waals surface area contributed by atoms with Crippen LogP contribution in [0.25, 0.3) is 21.2 Å². The number of hydrogen-bond donors (Lipinski definition) is 1. The summed E-state index contributed by atoms with van der Waals surface area (Å²) in [6, 6.07) is 28.2. The van der Waals surface area contributed by atoms with E-state index < -0.39 is 23.5 Å². The molecule has 4 aromatic carbocycles. The van der Waals surface area contributed by atoms with Gasteiger partial charge in [0.25, 0.3) is 5.91 Å². The molecule has 0 fully saturated rings. The number of ketones is 1. The molecule has 6 aromatic rings. The normalized spacial score (nSPS) is 14.8. The summed E-state index contributed by atoms with van der Waals surface area (Å²) in [6.07, 6.45) is 0. The fourth-order valence-electron chi connectivity index (χ4n) is 5.40. The number of aliphatic hydroxyl groups is 1. The largest absolute Gasteiger partial charge is 0.503 e. The molecule has 1 aliphatic rings. The first-order valence-electron chi connectivity index (χ1n) is 14.0. The third-order valence-electron chi connectivity index (χ3n) is 7.64. The number of ether oxygens (including phenoxy) is 3. The first-order valence-corrected chi connectivity index (χ1v) is 14.9. The molecule has 0 aliphatic carbocycles. The third-order valence-corrected chi connectivity index (χ3v) is 8.66. The van der Waals surface area contributed by atoms with Crippen LogP contribution in [0.1, 0.15) is 27.7 Å². The van der Waals surface area contributed by atoms with E-state index in [0.717, 1.165) is 10.3 Å². The molecule has 1 amide bonds. The second-order valence-electron chi connectivity index (χ2n) is 10.3. The van der Waals surface area contributed by atoms with E-state index in [9.17, 15) is 14.7 Å². The van der Waals surface area contributed by atoms with Crippen LogP contribution in [0.15, 0.2) is 113 Å². The maximum atomic E-state index is 14.1. The smallest absolute Gasteiger partial charge is 0.296 e. The van der Waals surface area contributed by atoms with Gasteiger partial charge in [-0.15, -0.1) is 0 Å². The van der Waals surface area contributed by atoms with E-state index in [0.29, 0.717) is 51.0 Å². The molecule has 0 bridgehead atoms. The maximum absolute atomic E-state index is 14.1. The second-order valence-corrected chi connectivity index (χ2v) is 11.3. The number of Topliss-reactive ketones (excluding diaryl/α,β-unsaturated/α-hetero) is 1. The van der Waals surface area contributed by atoms with Crippen molar-refractivity contribution in [3.8, 4) is 17.2 Å². The Hall–Kier alpha value is -5.61. The lowest BCUT2D eigenvalue weighted by atomic mass is 9.95. The molecule has 1 aliphatic heterocycles. The van der Waals surface area contributed by atoms with Crippen molar-refractivity contribution in [3.05, 3.63) is 125 Å². The van der Waals surface area contributed by atoms with Gasteiger partial charge in [0.1, 0.15) is 18.1 Å². The number of furan rings is 1. The van der Waals surface area contributed by atoms with Crippen LogP contribution in [0.4, 0.5) is 5.13 Å². The monoisotopic (exact) mass is 618 g/mol. The van der Waals surface area contributed by atoms with Gasteiger partial charge in [-0.05, 0) is 53.6 Å². The van der Waals surface area contributed by atoms with Crippen LogP contribution in [0.5, 0.6) is 17.2 Å². The van der Waals surface area contributed by atoms with E-state index in [4.69, 9.17) is 18.6 Å². The zero-order valence-corrected chi connectivity index (χ0v) is 25.0. The summed E-state index contributed by atoms with van der Waals surface area (Å²) in [6.45, 7) is 0.378. The zero-order chi connectivity index (χ0) is 31.1. The lowest BCUT2D eigenvalue weighted by Gasteiger charge is -2.24. The highest BCUT2D eigenvalue weighted by Gasteiger charge is 2.46. The minimum atomic E-state index is -0.995. The minimum absolute atomic E-state index is 0.0347. The first kappa shape index (κ1) is 28.2. The van der Waals surface area contributed by atoms with Crippen molar-refractivity contribution in [2.75, 3.05) is 19.1 Å². The Morgan fingerprint density at radius 2 is 1.71 bits per heavy atom. The number of amides is 1. The van der Waals surface area contributed by atoms with Gasteiger partial charge < -0.3 is 23.7 Å². The summed E-state index contributed by atoms with van der Waals surface area (Å²) in [5, 5.41) is 12.3. The van der Waals surface area contributed by atoms with E-state index in [1.807, 2.05) is 36.4 Å². The van der Waals surface area contributed by atoms with Crippen LogP contribution < -0.4 is 19.1 Å². The summed E-state index contributed by atoms with van der Waals surface area (Å²) in [4.78, 5) is 33.9. The summed E-state index contributed by atoms with van der Waals surface area (Å²) < 4.78 is 23.4. The minimum Gasteiger partial charge on any atom is -0.503 e. The molecule has 1 unspecified atom stereocenters. The number of nitrogens with zero attached hydrogens (tertiary/aromatic N) is 2. The number of para-hydroxylation sites is 1. The van der Waals surface area contributed by atoms with Crippen LogP contribution in [0.3, 0.4) is 0 Å². The molecular weight excluding hydrogens is 592 g/mol. The van der Waals surface area contributed by atoms with Crippen molar-refractivity contribution in [1.29, 1.82) is 0 Å². The Morgan fingerprint density at radius 3 is 2.47 bits per heavy atom. The van der Waals surface area contributed by atoms with Gasteiger partial charge in [0.2, 0.25) is 5.78 Å². The number of anilines is 1. The van der Waals surface area contributed by atoms with Crippen molar-refractivity contribution in [2.45, 2.75) is 12.6 Å². The van der Waals surface area contributed by atoms with Gasteiger partial charge in [0.15, 0.2) is 28.0 Å². The molecule has 0 saturated carbocycles. The maximum Gasteiger partial charge on any atom is 0.296 e. The predicted octanol–water partition coefficient (Wildman–Crippen LogP) is 7.42. The molecule has 0 saturated heterocycles. The fourth-order valence-corrected chi connectivity index (χ4v) is 6.42. The molecule has 1 atom stereocenters. The lowest BCUT2D eigenvalue weighted by molar-refractivity contribution is -0.117. The molecular formula is C35H26N2O7S. The quantitative estimate of drug-likeness (QED) is 0.167. The summed E-state index contributed by atoms with van der Waals surface area (Å²) in [5.74, 6) is -0.361. The molecule has 7 rings (SSSR count). The Labute approximate surface area is 261 Å². The Balaban J connectivity index is 1.29. The highest BCUT2D eigenvalue weighted by Crippen LogP contribution is 2.45. The van der Waals surface area contributed by atoms with Crippen LogP contribution in [0.2, 0.25) is 0 Å². The Kier molecular flexibility index (Phi) is 7.19.